The van der Waals surface area contributed by atoms with Crippen molar-refractivity contribution in [1.29, 1.82) is 0 Å². The Hall–Kier alpha value is -2.73. The molecule has 132 valence electrons. The van der Waals surface area contributed by atoms with Gasteiger partial charge in [-0.15, -0.1) is 0 Å². The Morgan fingerprint density at radius 2 is 1.76 bits per heavy atom. The van der Waals surface area contributed by atoms with E-state index in [9.17, 15) is 14.0 Å². The summed E-state index contributed by atoms with van der Waals surface area (Å²) < 4.78 is 12.9. The third kappa shape index (κ3) is 6.00. The maximum atomic E-state index is 12.9. The summed E-state index contributed by atoms with van der Waals surface area (Å²) >= 11 is 0. The first kappa shape index (κ1) is 18.6. The van der Waals surface area contributed by atoms with Crippen molar-refractivity contribution in [2.75, 3.05) is 17.2 Å². The first-order chi connectivity index (χ1) is 12.0. The van der Waals surface area contributed by atoms with E-state index in [1.807, 2.05) is 6.92 Å². The van der Waals surface area contributed by atoms with Crippen molar-refractivity contribution in [1.82, 2.24) is 0 Å². The zero-order valence-corrected chi connectivity index (χ0v) is 14.1. The van der Waals surface area contributed by atoms with Crippen molar-refractivity contribution in [2.45, 2.75) is 26.2 Å². The molecule has 0 radical (unpaired) electrons. The highest BCUT2D eigenvalue weighted by Crippen LogP contribution is 2.20. The summed E-state index contributed by atoms with van der Waals surface area (Å²) in [5, 5.41) is 5.63. The minimum Gasteiger partial charge on any atom is -0.330 e. The molecule has 25 heavy (non-hydrogen) atoms. The van der Waals surface area contributed by atoms with E-state index in [1.54, 1.807) is 30.3 Å². The highest BCUT2D eigenvalue weighted by molar-refractivity contribution is 5.94. The molecule has 2 rings (SSSR count). The minimum absolute atomic E-state index is 0.0852. The lowest BCUT2D eigenvalue weighted by Crippen LogP contribution is -2.16. The van der Waals surface area contributed by atoms with Crippen LogP contribution in [-0.2, 0) is 16.0 Å². The number of carbonyl (C=O) groups is 2. The fraction of sp³-hybridized carbons (Fsp3) is 0.263. The third-order valence-electron chi connectivity index (χ3n) is 3.67. The fourth-order valence-corrected chi connectivity index (χ4v) is 2.35. The van der Waals surface area contributed by atoms with Gasteiger partial charge < -0.3 is 16.4 Å². The molecule has 0 saturated heterocycles. The van der Waals surface area contributed by atoms with Crippen LogP contribution in [0.4, 0.5) is 15.8 Å². The fourth-order valence-electron chi connectivity index (χ4n) is 2.35. The van der Waals surface area contributed by atoms with E-state index in [0.717, 1.165) is 11.1 Å². The summed E-state index contributed by atoms with van der Waals surface area (Å²) in [5.41, 5.74) is 8.31. The Kier molecular flexibility index (Phi) is 6.65. The first-order valence-corrected chi connectivity index (χ1v) is 8.13. The van der Waals surface area contributed by atoms with Gasteiger partial charge in [0.2, 0.25) is 11.8 Å². The van der Waals surface area contributed by atoms with E-state index in [2.05, 4.69) is 10.6 Å². The number of hydrogen-bond acceptors (Lipinski definition) is 3. The average Bonchev–Trinajstić information content (AvgIpc) is 2.57. The molecule has 0 aromatic heterocycles. The molecule has 0 aliphatic rings. The lowest BCUT2D eigenvalue weighted by molar-refractivity contribution is -0.116. The van der Waals surface area contributed by atoms with Crippen LogP contribution in [0, 0.1) is 12.7 Å². The van der Waals surface area contributed by atoms with Gasteiger partial charge in [-0.1, -0.05) is 12.1 Å². The molecule has 0 fully saturated rings. The number of carbonyl (C=O) groups excluding carboxylic acids is 2. The molecular formula is C19H22FN3O2. The van der Waals surface area contributed by atoms with Crippen molar-refractivity contribution in [3.63, 3.8) is 0 Å². The number of nitrogens with one attached hydrogen (secondary N) is 2. The number of rotatable bonds is 7. The van der Waals surface area contributed by atoms with Crippen molar-refractivity contribution in [3.05, 3.63) is 59.4 Å². The van der Waals surface area contributed by atoms with Crippen LogP contribution in [0.3, 0.4) is 0 Å². The molecule has 5 nitrogen and oxygen atoms in total. The van der Waals surface area contributed by atoms with Crippen LogP contribution in [0.1, 0.15) is 24.0 Å². The third-order valence-corrected chi connectivity index (χ3v) is 3.67. The lowest BCUT2D eigenvalue weighted by atomic mass is 10.1. The quantitative estimate of drug-likeness (QED) is 0.722. The second kappa shape index (κ2) is 8.94. The van der Waals surface area contributed by atoms with Gasteiger partial charge in [0.1, 0.15) is 5.82 Å². The summed E-state index contributed by atoms with van der Waals surface area (Å²) in [6.07, 6.45) is 1.19. The molecule has 0 aliphatic carbocycles. The normalized spacial score (nSPS) is 10.4. The van der Waals surface area contributed by atoms with Crippen LogP contribution < -0.4 is 16.4 Å². The molecule has 2 amide bonds. The summed E-state index contributed by atoms with van der Waals surface area (Å²) in [7, 11) is 0. The highest BCUT2D eigenvalue weighted by atomic mass is 19.1. The van der Waals surface area contributed by atoms with E-state index in [1.165, 1.54) is 12.1 Å². The highest BCUT2D eigenvalue weighted by Gasteiger charge is 2.08. The van der Waals surface area contributed by atoms with Gasteiger partial charge in [-0.25, -0.2) is 4.39 Å². The van der Waals surface area contributed by atoms with Crippen LogP contribution in [-0.4, -0.2) is 18.4 Å². The van der Waals surface area contributed by atoms with E-state index in [4.69, 9.17) is 5.73 Å². The SMILES string of the molecule is Cc1cc(NC(=O)CCCN)ccc1NC(=O)Cc1ccc(F)cc1. The summed E-state index contributed by atoms with van der Waals surface area (Å²) in [5.74, 6) is -0.600. The molecule has 6 heteroatoms. The maximum absolute atomic E-state index is 12.9. The van der Waals surface area contributed by atoms with Gasteiger partial charge in [0.15, 0.2) is 0 Å². The molecule has 0 atom stereocenters. The zero-order chi connectivity index (χ0) is 18.2. The van der Waals surface area contributed by atoms with E-state index in [0.29, 0.717) is 30.8 Å². The van der Waals surface area contributed by atoms with Gasteiger partial charge in [-0.3, -0.25) is 9.59 Å². The lowest BCUT2D eigenvalue weighted by Gasteiger charge is -2.11. The van der Waals surface area contributed by atoms with Crippen LogP contribution >= 0.6 is 0 Å². The van der Waals surface area contributed by atoms with E-state index in [-0.39, 0.29) is 24.1 Å². The molecule has 0 unspecified atom stereocenters. The molecule has 0 heterocycles. The second-order valence-corrected chi connectivity index (χ2v) is 5.82. The number of anilines is 2. The number of aryl methyl sites for hydroxylation is 1. The van der Waals surface area contributed by atoms with Gasteiger partial charge in [-0.05, 0) is 61.3 Å². The number of halogens is 1. The van der Waals surface area contributed by atoms with Gasteiger partial charge >= 0.3 is 0 Å². The molecule has 0 aliphatic heterocycles. The van der Waals surface area contributed by atoms with E-state index >= 15 is 0 Å². The van der Waals surface area contributed by atoms with E-state index < -0.39 is 0 Å². The Balaban J connectivity index is 1.94. The molecule has 0 bridgehead atoms. The first-order valence-electron chi connectivity index (χ1n) is 8.13. The number of benzene rings is 2. The van der Waals surface area contributed by atoms with Crippen LogP contribution in [0.15, 0.2) is 42.5 Å². The van der Waals surface area contributed by atoms with Gasteiger partial charge in [0, 0.05) is 17.8 Å². The van der Waals surface area contributed by atoms with Gasteiger partial charge in [0.05, 0.1) is 6.42 Å². The Morgan fingerprint density at radius 1 is 1.04 bits per heavy atom. The van der Waals surface area contributed by atoms with Crippen molar-refractivity contribution >= 4 is 23.2 Å². The van der Waals surface area contributed by atoms with Crippen molar-refractivity contribution < 1.29 is 14.0 Å². The zero-order valence-electron chi connectivity index (χ0n) is 14.1. The van der Waals surface area contributed by atoms with Crippen molar-refractivity contribution in [3.8, 4) is 0 Å². The average molecular weight is 343 g/mol. The molecule has 2 aromatic rings. The molecular weight excluding hydrogens is 321 g/mol. The van der Waals surface area contributed by atoms with Gasteiger partial charge in [0.25, 0.3) is 0 Å². The minimum atomic E-state index is -0.330. The number of amides is 2. The molecule has 4 N–H and O–H groups in total. The van der Waals surface area contributed by atoms with Crippen LogP contribution in [0.2, 0.25) is 0 Å². The van der Waals surface area contributed by atoms with Crippen LogP contribution in [0.25, 0.3) is 0 Å². The molecule has 0 saturated carbocycles. The number of nitrogens with two attached hydrogens (primary N) is 1. The standard InChI is InChI=1S/C19H22FN3O2/c1-13-11-16(22-18(24)3-2-10-21)8-9-17(13)23-19(25)12-14-4-6-15(20)7-5-14/h4-9,11H,2-3,10,12,21H2,1H3,(H,22,24)(H,23,25). The predicted molar refractivity (Wildman–Crippen MR) is 96.8 cm³/mol. The smallest absolute Gasteiger partial charge is 0.228 e. The summed E-state index contributed by atoms with van der Waals surface area (Å²) in [6, 6.07) is 11.1. The summed E-state index contributed by atoms with van der Waals surface area (Å²) in [4.78, 5) is 23.8. The number of hydrogen-bond donors (Lipinski definition) is 3. The van der Waals surface area contributed by atoms with Crippen molar-refractivity contribution in [2.24, 2.45) is 5.73 Å². The Bertz CT molecular complexity index is 745. The largest absolute Gasteiger partial charge is 0.330 e. The topological polar surface area (TPSA) is 84.2 Å². The Morgan fingerprint density at radius 3 is 2.40 bits per heavy atom. The van der Waals surface area contributed by atoms with Gasteiger partial charge in [-0.2, -0.15) is 0 Å². The second-order valence-electron chi connectivity index (χ2n) is 5.82. The predicted octanol–water partition coefficient (Wildman–Crippen LogP) is 2.99. The molecule has 2 aromatic carbocycles. The maximum Gasteiger partial charge on any atom is 0.228 e. The van der Waals surface area contributed by atoms with Crippen LogP contribution in [0.5, 0.6) is 0 Å². The molecule has 0 spiro atoms. The monoisotopic (exact) mass is 343 g/mol. The Labute approximate surface area is 146 Å². The summed E-state index contributed by atoms with van der Waals surface area (Å²) in [6.45, 7) is 2.33.